The van der Waals surface area contributed by atoms with Gasteiger partial charge in [0.2, 0.25) is 11.8 Å². The van der Waals surface area contributed by atoms with Gasteiger partial charge >= 0.3 is 0 Å². The van der Waals surface area contributed by atoms with Crippen LogP contribution in [-0.2, 0) is 32.6 Å². The van der Waals surface area contributed by atoms with Crippen LogP contribution >= 0.6 is 27.5 Å². The Bertz CT molecular complexity index is 1770. The van der Waals surface area contributed by atoms with Crippen molar-refractivity contribution in [3.8, 4) is 5.75 Å². The molecule has 1 N–H and O–H groups in total. The molecule has 0 fully saturated rings. The molecule has 0 unspecified atom stereocenters. The second kappa shape index (κ2) is 16.8. The van der Waals surface area contributed by atoms with E-state index in [4.69, 9.17) is 16.3 Å². The van der Waals surface area contributed by atoms with Crippen LogP contribution in [0.25, 0.3) is 0 Å². The number of unbranched alkanes of at least 4 members (excludes halogenated alkanes) is 1. The van der Waals surface area contributed by atoms with Crippen LogP contribution in [0.3, 0.4) is 0 Å². The third-order valence-corrected chi connectivity index (χ3v) is 10.3. The lowest BCUT2D eigenvalue weighted by atomic mass is 10.0. The summed E-state index contributed by atoms with van der Waals surface area (Å²) >= 11 is 9.71. The lowest BCUT2D eigenvalue weighted by Gasteiger charge is -2.34. The summed E-state index contributed by atoms with van der Waals surface area (Å²) in [6.45, 7) is 3.86. The summed E-state index contributed by atoms with van der Waals surface area (Å²) in [7, 11) is -2.78. The number of benzene rings is 4. The number of aryl methyl sites for hydroxylation is 1. The van der Waals surface area contributed by atoms with Crippen LogP contribution in [0.4, 0.5) is 5.69 Å². The Hall–Kier alpha value is -3.86. The lowest BCUT2D eigenvalue weighted by Crippen LogP contribution is -2.53. The number of methoxy groups -OCH3 is 1. The van der Waals surface area contributed by atoms with Gasteiger partial charge in [0.1, 0.15) is 18.3 Å². The minimum absolute atomic E-state index is 0.0296. The van der Waals surface area contributed by atoms with Crippen LogP contribution in [0.15, 0.2) is 106 Å². The van der Waals surface area contributed by atoms with Crippen molar-refractivity contribution in [3.63, 3.8) is 0 Å². The van der Waals surface area contributed by atoms with Crippen molar-refractivity contribution in [1.82, 2.24) is 10.2 Å². The second-order valence-corrected chi connectivity index (χ2v) is 14.3. The van der Waals surface area contributed by atoms with E-state index >= 15 is 0 Å². The van der Waals surface area contributed by atoms with Crippen molar-refractivity contribution in [2.45, 2.75) is 50.6 Å². The molecule has 8 nitrogen and oxygen atoms in total. The summed E-state index contributed by atoms with van der Waals surface area (Å²) in [6, 6.07) is 26.9. The molecular weight excluding hydrogens is 702 g/mol. The van der Waals surface area contributed by atoms with Gasteiger partial charge in [-0.2, -0.15) is 0 Å². The van der Waals surface area contributed by atoms with Crippen LogP contribution in [0.2, 0.25) is 5.02 Å². The number of halogens is 2. The van der Waals surface area contributed by atoms with Gasteiger partial charge in [0, 0.05) is 24.5 Å². The minimum atomic E-state index is -4.27. The van der Waals surface area contributed by atoms with Gasteiger partial charge in [-0.3, -0.25) is 13.9 Å². The van der Waals surface area contributed by atoms with E-state index in [2.05, 4.69) is 21.2 Å². The summed E-state index contributed by atoms with van der Waals surface area (Å²) in [5, 5.41) is 3.48. The van der Waals surface area contributed by atoms with Crippen molar-refractivity contribution in [2.75, 3.05) is 24.5 Å². The molecule has 1 atom stereocenters. The first-order valence-electron chi connectivity index (χ1n) is 15.3. The first-order chi connectivity index (χ1) is 22.5. The standard InChI is InChI=1S/C36H39BrClN3O5S/c1-4-5-20-39-36(43)33(22-27-10-7-6-8-11-27)40(24-28-12-9-13-29(38)21-28)35(42)25-41(30-16-14-26(2)15-17-30)47(44,45)31-18-19-34(46-3)32(37)23-31/h6-19,21,23,33H,4-5,20,22,24-25H2,1-3H3,(H,39,43)/t33-/m1/s1. The monoisotopic (exact) mass is 739 g/mol. The van der Waals surface area contributed by atoms with E-state index < -0.39 is 28.5 Å². The van der Waals surface area contributed by atoms with Crippen molar-refractivity contribution in [3.05, 3.63) is 123 Å². The van der Waals surface area contributed by atoms with E-state index in [9.17, 15) is 18.0 Å². The Morgan fingerprint density at radius 1 is 0.936 bits per heavy atom. The van der Waals surface area contributed by atoms with E-state index in [1.54, 1.807) is 48.5 Å². The van der Waals surface area contributed by atoms with E-state index in [-0.39, 0.29) is 23.8 Å². The van der Waals surface area contributed by atoms with Crippen molar-refractivity contribution >= 4 is 55.1 Å². The average Bonchev–Trinajstić information content (AvgIpc) is 3.06. The fourth-order valence-electron chi connectivity index (χ4n) is 5.07. The highest BCUT2D eigenvalue weighted by Crippen LogP contribution is 2.31. The second-order valence-electron chi connectivity index (χ2n) is 11.1. The van der Waals surface area contributed by atoms with Gasteiger partial charge in [-0.1, -0.05) is 85.1 Å². The van der Waals surface area contributed by atoms with E-state index in [0.717, 1.165) is 28.3 Å². The van der Waals surface area contributed by atoms with E-state index in [1.807, 2.05) is 50.2 Å². The number of nitrogens with one attached hydrogen (secondary N) is 1. The van der Waals surface area contributed by atoms with Gasteiger partial charge in [0.05, 0.1) is 22.2 Å². The van der Waals surface area contributed by atoms with Crippen LogP contribution in [0.1, 0.15) is 36.5 Å². The normalized spacial score (nSPS) is 11.9. The number of hydrogen-bond acceptors (Lipinski definition) is 5. The molecule has 47 heavy (non-hydrogen) atoms. The van der Waals surface area contributed by atoms with Gasteiger partial charge in [0.15, 0.2) is 0 Å². The maximum absolute atomic E-state index is 14.6. The summed E-state index contributed by atoms with van der Waals surface area (Å²) in [5.74, 6) is -0.401. The number of ether oxygens (including phenoxy) is 1. The van der Waals surface area contributed by atoms with Gasteiger partial charge < -0.3 is 15.0 Å². The van der Waals surface area contributed by atoms with Crippen molar-refractivity contribution in [1.29, 1.82) is 0 Å². The lowest BCUT2D eigenvalue weighted by molar-refractivity contribution is -0.140. The fourth-order valence-corrected chi connectivity index (χ4v) is 7.41. The smallest absolute Gasteiger partial charge is 0.264 e. The molecule has 2 amide bonds. The van der Waals surface area contributed by atoms with Crippen LogP contribution in [0, 0.1) is 6.92 Å². The Morgan fingerprint density at radius 2 is 1.64 bits per heavy atom. The summed E-state index contributed by atoms with van der Waals surface area (Å²) < 4.78 is 35.4. The van der Waals surface area contributed by atoms with Crippen molar-refractivity contribution in [2.24, 2.45) is 0 Å². The minimum Gasteiger partial charge on any atom is -0.496 e. The van der Waals surface area contributed by atoms with E-state index in [1.165, 1.54) is 24.1 Å². The maximum atomic E-state index is 14.6. The Labute approximate surface area is 290 Å². The molecule has 4 aromatic rings. The summed E-state index contributed by atoms with van der Waals surface area (Å²) in [4.78, 5) is 29.9. The van der Waals surface area contributed by atoms with Crippen LogP contribution < -0.4 is 14.4 Å². The molecule has 0 saturated heterocycles. The van der Waals surface area contributed by atoms with Gasteiger partial charge in [0.25, 0.3) is 10.0 Å². The molecule has 0 aliphatic rings. The molecule has 0 aromatic heterocycles. The topological polar surface area (TPSA) is 96.0 Å². The number of nitrogens with zero attached hydrogens (tertiary/aromatic N) is 2. The molecule has 11 heteroatoms. The summed E-state index contributed by atoms with van der Waals surface area (Å²) in [6.07, 6.45) is 1.90. The van der Waals surface area contributed by atoms with Crippen LogP contribution in [-0.4, -0.2) is 51.4 Å². The Morgan fingerprint density at radius 3 is 2.28 bits per heavy atom. The number of amides is 2. The maximum Gasteiger partial charge on any atom is 0.264 e. The molecule has 0 spiro atoms. The van der Waals surface area contributed by atoms with Gasteiger partial charge in [-0.05, 0) is 82.9 Å². The molecular formula is C36H39BrClN3O5S. The zero-order valence-electron chi connectivity index (χ0n) is 26.7. The number of carbonyl (C=O) groups excluding carboxylic acids is 2. The highest BCUT2D eigenvalue weighted by molar-refractivity contribution is 9.10. The molecule has 248 valence electrons. The number of sulfonamides is 1. The fraction of sp³-hybridized carbons (Fsp3) is 0.278. The Balaban J connectivity index is 1.80. The third-order valence-electron chi connectivity index (χ3n) is 7.65. The number of hydrogen-bond donors (Lipinski definition) is 1. The molecule has 0 aliphatic heterocycles. The number of carbonyl (C=O) groups is 2. The molecule has 0 heterocycles. The molecule has 0 bridgehead atoms. The molecule has 0 radical (unpaired) electrons. The highest BCUT2D eigenvalue weighted by Gasteiger charge is 2.35. The highest BCUT2D eigenvalue weighted by atomic mass is 79.9. The van der Waals surface area contributed by atoms with Gasteiger partial charge in [-0.25, -0.2) is 8.42 Å². The first kappa shape index (κ1) is 36.0. The largest absolute Gasteiger partial charge is 0.496 e. The molecule has 4 aromatic carbocycles. The van der Waals surface area contributed by atoms with Crippen molar-refractivity contribution < 1.29 is 22.7 Å². The quantitative estimate of drug-likeness (QED) is 0.131. The average molecular weight is 741 g/mol. The zero-order valence-corrected chi connectivity index (χ0v) is 29.8. The molecule has 0 aliphatic carbocycles. The van der Waals surface area contributed by atoms with Crippen LogP contribution in [0.5, 0.6) is 5.75 Å². The SMILES string of the molecule is CCCCNC(=O)[C@@H](Cc1ccccc1)N(Cc1cccc(Cl)c1)C(=O)CN(c1ccc(C)cc1)S(=O)(=O)c1ccc(OC)c(Br)c1. The molecule has 4 rings (SSSR count). The Kier molecular flexibility index (Phi) is 12.9. The van der Waals surface area contributed by atoms with E-state index in [0.29, 0.717) is 33.0 Å². The van der Waals surface area contributed by atoms with Gasteiger partial charge in [-0.15, -0.1) is 0 Å². The number of anilines is 1. The molecule has 0 saturated carbocycles. The first-order valence-corrected chi connectivity index (χ1v) is 17.9. The summed E-state index contributed by atoms with van der Waals surface area (Å²) in [5.41, 5.74) is 2.80. The predicted octanol–water partition coefficient (Wildman–Crippen LogP) is 7.17. The zero-order chi connectivity index (χ0) is 34.0. The predicted molar refractivity (Wildman–Crippen MR) is 190 cm³/mol. The third kappa shape index (κ3) is 9.59. The number of rotatable bonds is 15.